The van der Waals surface area contributed by atoms with E-state index in [0.717, 1.165) is 17.8 Å². The minimum absolute atomic E-state index is 0.0644. The van der Waals surface area contributed by atoms with E-state index < -0.39 is 4.92 Å². The van der Waals surface area contributed by atoms with E-state index in [1.807, 2.05) is 0 Å². The summed E-state index contributed by atoms with van der Waals surface area (Å²) in [5, 5.41) is 24.1. The number of nitro benzene ring substituents is 1. The number of benzene rings is 2. The average Bonchev–Trinajstić information content (AvgIpc) is 2.63. The number of hydrazone groups is 1. The van der Waals surface area contributed by atoms with Crippen LogP contribution in [-0.2, 0) is 11.2 Å². The van der Waals surface area contributed by atoms with Crippen molar-refractivity contribution in [2.75, 3.05) is 13.2 Å². The average molecular weight is 357 g/mol. The number of nitro groups is 1. The molecule has 134 valence electrons. The number of rotatable bonds is 5. The van der Waals surface area contributed by atoms with Gasteiger partial charge in [0.15, 0.2) is 11.5 Å². The van der Waals surface area contributed by atoms with E-state index in [4.69, 9.17) is 9.47 Å². The van der Waals surface area contributed by atoms with Crippen LogP contribution in [0.3, 0.4) is 0 Å². The highest BCUT2D eigenvalue weighted by atomic mass is 16.6. The van der Waals surface area contributed by atoms with Crippen LogP contribution in [0.15, 0.2) is 41.5 Å². The van der Waals surface area contributed by atoms with E-state index in [9.17, 15) is 20.0 Å². The predicted molar refractivity (Wildman–Crippen MR) is 91.6 cm³/mol. The standard InChI is InChI=1S/C17H15N3O6/c21-14-3-2-13(20(23)24)9-12(14)10-18-19-17(22)8-11-1-4-15-16(7-11)26-6-5-25-15/h1-4,7,9-10,21H,5-6,8H2,(H,19,22)/b18-10+. The molecule has 0 saturated carbocycles. The number of hydrogen-bond acceptors (Lipinski definition) is 7. The first-order chi connectivity index (χ1) is 12.5. The summed E-state index contributed by atoms with van der Waals surface area (Å²) in [4.78, 5) is 22.1. The van der Waals surface area contributed by atoms with Gasteiger partial charge >= 0.3 is 0 Å². The lowest BCUT2D eigenvalue weighted by Gasteiger charge is -2.18. The molecular weight excluding hydrogens is 342 g/mol. The van der Waals surface area contributed by atoms with E-state index in [2.05, 4.69) is 10.5 Å². The van der Waals surface area contributed by atoms with Gasteiger partial charge < -0.3 is 14.6 Å². The number of ether oxygens (including phenoxy) is 2. The van der Waals surface area contributed by atoms with Crippen molar-refractivity contribution in [3.05, 3.63) is 57.6 Å². The van der Waals surface area contributed by atoms with Gasteiger partial charge in [0.2, 0.25) is 5.91 Å². The molecule has 0 bridgehead atoms. The van der Waals surface area contributed by atoms with Gasteiger partial charge in [-0.15, -0.1) is 0 Å². The molecule has 26 heavy (non-hydrogen) atoms. The Kier molecular flexibility index (Phi) is 4.97. The van der Waals surface area contributed by atoms with E-state index in [1.165, 1.54) is 12.1 Å². The molecule has 0 aliphatic carbocycles. The van der Waals surface area contributed by atoms with E-state index in [-0.39, 0.29) is 29.3 Å². The Morgan fingerprint density at radius 2 is 2.00 bits per heavy atom. The van der Waals surface area contributed by atoms with Gasteiger partial charge in [-0.2, -0.15) is 5.10 Å². The number of non-ortho nitro benzene ring substituents is 1. The molecular formula is C17H15N3O6. The molecule has 0 radical (unpaired) electrons. The lowest BCUT2D eigenvalue weighted by atomic mass is 10.1. The zero-order valence-electron chi connectivity index (χ0n) is 13.5. The van der Waals surface area contributed by atoms with Crippen LogP contribution in [0.5, 0.6) is 17.2 Å². The van der Waals surface area contributed by atoms with Gasteiger partial charge in [0.25, 0.3) is 5.69 Å². The molecule has 0 unspecified atom stereocenters. The number of amides is 1. The van der Waals surface area contributed by atoms with Crippen molar-refractivity contribution in [3.8, 4) is 17.2 Å². The molecule has 2 aromatic rings. The smallest absolute Gasteiger partial charge is 0.270 e. The van der Waals surface area contributed by atoms with Gasteiger partial charge in [-0.05, 0) is 23.8 Å². The third-order valence-electron chi connectivity index (χ3n) is 3.59. The number of nitrogens with one attached hydrogen (secondary N) is 1. The van der Waals surface area contributed by atoms with Crippen LogP contribution in [0.1, 0.15) is 11.1 Å². The summed E-state index contributed by atoms with van der Waals surface area (Å²) in [7, 11) is 0. The summed E-state index contributed by atoms with van der Waals surface area (Å²) >= 11 is 0. The summed E-state index contributed by atoms with van der Waals surface area (Å²) in [6, 6.07) is 8.74. The molecule has 0 fully saturated rings. The second kappa shape index (κ2) is 7.51. The first-order valence-electron chi connectivity index (χ1n) is 7.71. The van der Waals surface area contributed by atoms with Crippen molar-refractivity contribution in [1.29, 1.82) is 0 Å². The second-order valence-corrected chi connectivity index (χ2v) is 5.45. The molecule has 1 aliphatic rings. The van der Waals surface area contributed by atoms with Crippen LogP contribution in [0, 0.1) is 10.1 Å². The molecule has 2 aromatic carbocycles. The zero-order valence-corrected chi connectivity index (χ0v) is 13.5. The predicted octanol–water partition coefficient (Wildman–Crippen LogP) is 1.76. The van der Waals surface area contributed by atoms with E-state index in [0.29, 0.717) is 24.7 Å². The van der Waals surface area contributed by atoms with Crippen LogP contribution in [0.2, 0.25) is 0 Å². The molecule has 1 heterocycles. The van der Waals surface area contributed by atoms with Gasteiger partial charge in [-0.1, -0.05) is 6.07 Å². The number of carbonyl (C=O) groups is 1. The maximum absolute atomic E-state index is 12.0. The highest BCUT2D eigenvalue weighted by molar-refractivity contribution is 5.86. The van der Waals surface area contributed by atoms with Crippen LogP contribution in [0.25, 0.3) is 0 Å². The van der Waals surface area contributed by atoms with Gasteiger partial charge in [-0.25, -0.2) is 5.43 Å². The Morgan fingerprint density at radius 1 is 1.23 bits per heavy atom. The maximum Gasteiger partial charge on any atom is 0.270 e. The van der Waals surface area contributed by atoms with Crippen molar-refractivity contribution in [1.82, 2.24) is 5.43 Å². The van der Waals surface area contributed by atoms with Crippen molar-refractivity contribution in [3.63, 3.8) is 0 Å². The highest BCUT2D eigenvalue weighted by Gasteiger charge is 2.13. The normalized spacial score (nSPS) is 12.8. The molecule has 0 saturated heterocycles. The third-order valence-corrected chi connectivity index (χ3v) is 3.59. The fourth-order valence-electron chi connectivity index (χ4n) is 2.36. The first-order valence-corrected chi connectivity index (χ1v) is 7.71. The molecule has 0 spiro atoms. The van der Waals surface area contributed by atoms with Crippen LogP contribution >= 0.6 is 0 Å². The van der Waals surface area contributed by atoms with Crippen LogP contribution < -0.4 is 14.9 Å². The number of aromatic hydroxyl groups is 1. The summed E-state index contributed by atoms with van der Waals surface area (Å²) in [6.45, 7) is 0.950. The minimum Gasteiger partial charge on any atom is -0.507 e. The lowest BCUT2D eigenvalue weighted by Crippen LogP contribution is -2.20. The molecule has 3 rings (SSSR count). The number of phenolic OH excluding ortho intramolecular Hbond substituents is 1. The largest absolute Gasteiger partial charge is 0.507 e. The Balaban J connectivity index is 1.61. The summed E-state index contributed by atoms with van der Waals surface area (Å²) < 4.78 is 10.9. The quantitative estimate of drug-likeness (QED) is 0.477. The lowest BCUT2D eigenvalue weighted by molar-refractivity contribution is -0.384. The third kappa shape index (κ3) is 4.07. The molecule has 2 N–H and O–H groups in total. The van der Waals surface area contributed by atoms with E-state index >= 15 is 0 Å². The highest BCUT2D eigenvalue weighted by Crippen LogP contribution is 2.30. The molecule has 0 aromatic heterocycles. The molecule has 1 aliphatic heterocycles. The minimum atomic E-state index is -0.586. The van der Waals surface area contributed by atoms with E-state index in [1.54, 1.807) is 18.2 Å². The van der Waals surface area contributed by atoms with Crippen molar-refractivity contribution in [2.24, 2.45) is 5.10 Å². The van der Waals surface area contributed by atoms with Crippen LogP contribution in [-0.4, -0.2) is 35.4 Å². The summed E-state index contributed by atoms with van der Waals surface area (Å²) in [5.41, 5.74) is 2.97. The Bertz CT molecular complexity index is 881. The van der Waals surface area contributed by atoms with Gasteiger partial charge in [0.05, 0.1) is 17.6 Å². The maximum atomic E-state index is 12.0. The van der Waals surface area contributed by atoms with Crippen molar-refractivity contribution in [2.45, 2.75) is 6.42 Å². The molecule has 1 amide bonds. The number of nitrogens with zero attached hydrogens (tertiary/aromatic N) is 2. The second-order valence-electron chi connectivity index (χ2n) is 5.45. The number of fused-ring (bicyclic) bond motifs is 1. The Morgan fingerprint density at radius 3 is 2.77 bits per heavy atom. The Hall–Kier alpha value is -3.62. The monoisotopic (exact) mass is 357 g/mol. The number of hydrogen-bond donors (Lipinski definition) is 2. The number of phenols is 1. The topological polar surface area (TPSA) is 123 Å². The van der Waals surface area contributed by atoms with Crippen molar-refractivity contribution < 1.29 is 24.3 Å². The molecule has 9 nitrogen and oxygen atoms in total. The fraction of sp³-hybridized carbons (Fsp3) is 0.176. The van der Waals surface area contributed by atoms with Gasteiger partial charge in [-0.3, -0.25) is 14.9 Å². The summed E-state index contributed by atoms with van der Waals surface area (Å²) in [6.07, 6.45) is 1.21. The first kappa shape index (κ1) is 17.2. The van der Waals surface area contributed by atoms with Crippen LogP contribution in [0.4, 0.5) is 5.69 Å². The fourth-order valence-corrected chi connectivity index (χ4v) is 2.36. The summed E-state index contributed by atoms with van der Waals surface area (Å²) in [5.74, 6) is 0.662. The SMILES string of the molecule is O=C(Cc1ccc2c(c1)OCCO2)N/N=C/c1cc([N+](=O)[O-])ccc1O. The molecule has 9 heteroatoms. The van der Waals surface area contributed by atoms with Crippen molar-refractivity contribution >= 4 is 17.8 Å². The molecule has 0 atom stereocenters. The zero-order chi connectivity index (χ0) is 18.5. The van der Waals surface area contributed by atoms with Gasteiger partial charge in [0, 0.05) is 17.7 Å². The van der Waals surface area contributed by atoms with Gasteiger partial charge in [0.1, 0.15) is 19.0 Å². The number of carbonyl (C=O) groups excluding carboxylic acids is 1. The Labute approximate surface area is 148 Å².